The fourth-order valence-electron chi connectivity index (χ4n) is 1.51. The number of carboxylic acids is 1. The van der Waals surface area contributed by atoms with Crippen molar-refractivity contribution in [1.29, 1.82) is 0 Å². The molecule has 0 aliphatic carbocycles. The highest BCUT2D eigenvalue weighted by Crippen LogP contribution is 2.25. The van der Waals surface area contributed by atoms with Crippen LogP contribution in [-0.4, -0.2) is 21.8 Å². The van der Waals surface area contributed by atoms with Crippen LogP contribution in [0.3, 0.4) is 0 Å². The summed E-state index contributed by atoms with van der Waals surface area (Å²) in [6.07, 6.45) is 1.89. The molecule has 0 aliphatic rings. The Labute approximate surface area is 120 Å². The predicted octanol–water partition coefficient (Wildman–Crippen LogP) is 3.93. The van der Waals surface area contributed by atoms with Crippen LogP contribution in [0.4, 0.5) is 0 Å². The standard InChI is InChI=1S/C14H13NO2S2/c1-2-7-18-8-10-3-5-11(6-4-10)13-15-12(9-19-13)14(16)17/h2-6,9H,1,7-8H2,(H,16,17). The number of benzene rings is 1. The quantitative estimate of drug-likeness (QED) is 0.647. The number of nitrogens with zero attached hydrogens (tertiary/aromatic N) is 1. The molecule has 1 heterocycles. The first-order valence-electron chi connectivity index (χ1n) is 5.67. The van der Waals surface area contributed by atoms with E-state index in [-0.39, 0.29) is 5.69 Å². The summed E-state index contributed by atoms with van der Waals surface area (Å²) in [6.45, 7) is 3.69. The zero-order chi connectivity index (χ0) is 13.7. The van der Waals surface area contributed by atoms with Crippen LogP contribution in [-0.2, 0) is 5.75 Å². The smallest absolute Gasteiger partial charge is 0.355 e. The zero-order valence-electron chi connectivity index (χ0n) is 10.2. The number of hydrogen-bond acceptors (Lipinski definition) is 4. The molecule has 0 saturated carbocycles. The summed E-state index contributed by atoms with van der Waals surface area (Å²) in [5.41, 5.74) is 2.30. The highest BCUT2D eigenvalue weighted by Gasteiger charge is 2.09. The van der Waals surface area contributed by atoms with Crippen molar-refractivity contribution in [2.24, 2.45) is 0 Å². The van der Waals surface area contributed by atoms with E-state index in [9.17, 15) is 4.79 Å². The van der Waals surface area contributed by atoms with Crippen molar-refractivity contribution in [2.75, 3.05) is 5.75 Å². The second-order valence-corrected chi connectivity index (χ2v) is 5.73. The third kappa shape index (κ3) is 3.68. The van der Waals surface area contributed by atoms with Crippen molar-refractivity contribution in [3.63, 3.8) is 0 Å². The second-order valence-electron chi connectivity index (χ2n) is 3.84. The zero-order valence-corrected chi connectivity index (χ0v) is 11.8. The van der Waals surface area contributed by atoms with Crippen molar-refractivity contribution < 1.29 is 9.90 Å². The molecule has 1 aromatic carbocycles. The van der Waals surface area contributed by atoms with Gasteiger partial charge >= 0.3 is 5.97 Å². The molecule has 0 bridgehead atoms. The minimum Gasteiger partial charge on any atom is -0.476 e. The van der Waals surface area contributed by atoms with E-state index in [0.717, 1.165) is 22.1 Å². The van der Waals surface area contributed by atoms with Gasteiger partial charge in [-0.1, -0.05) is 30.3 Å². The molecule has 0 unspecified atom stereocenters. The third-order valence-electron chi connectivity index (χ3n) is 2.43. The van der Waals surface area contributed by atoms with Crippen LogP contribution < -0.4 is 0 Å². The molecule has 98 valence electrons. The average Bonchev–Trinajstić information content (AvgIpc) is 2.90. The Morgan fingerprint density at radius 1 is 1.42 bits per heavy atom. The van der Waals surface area contributed by atoms with Crippen molar-refractivity contribution in [2.45, 2.75) is 5.75 Å². The van der Waals surface area contributed by atoms with Crippen LogP contribution in [0.1, 0.15) is 16.1 Å². The van der Waals surface area contributed by atoms with Gasteiger partial charge in [0.25, 0.3) is 0 Å². The maximum absolute atomic E-state index is 10.8. The van der Waals surface area contributed by atoms with Gasteiger partial charge in [0.15, 0.2) is 5.69 Å². The molecular weight excluding hydrogens is 278 g/mol. The lowest BCUT2D eigenvalue weighted by molar-refractivity contribution is 0.0691. The second kappa shape index (κ2) is 6.54. The number of carbonyl (C=O) groups is 1. The monoisotopic (exact) mass is 291 g/mol. The van der Waals surface area contributed by atoms with E-state index in [1.165, 1.54) is 16.9 Å². The predicted molar refractivity (Wildman–Crippen MR) is 80.9 cm³/mol. The Morgan fingerprint density at radius 3 is 2.74 bits per heavy atom. The maximum Gasteiger partial charge on any atom is 0.355 e. The number of thioether (sulfide) groups is 1. The summed E-state index contributed by atoms with van der Waals surface area (Å²) in [5, 5.41) is 11.1. The van der Waals surface area contributed by atoms with Crippen LogP contribution in [0.15, 0.2) is 42.3 Å². The van der Waals surface area contributed by atoms with Crippen molar-refractivity contribution in [3.05, 3.63) is 53.6 Å². The third-order valence-corrected chi connectivity index (χ3v) is 4.33. The minimum absolute atomic E-state index is 0.102. The molecule has 3 nitrogen and oxygen atoms in total. The van der Waals surface area contributed by atoms with Gasteiger partial charge in [0.1, 0.15) is 5.01 Å². The molecule has 0 spiro atoms. The van der Waals surface area contributed by atoms with E-state index < -0.39 is 5.97 Å². The van der Waals surface area contributed by atoms with Crippen LogP contribution in [0.2, 0.25) is 0 Å². The molecule has 0 amide bonds. The Morgan fingerprint density at radius 2 is 2.16 bits per heavy atom. The van der Waals surface area contributed by atoms with E-state index in [1.54, 1.807) is 5.38 Å². The van der Waals surface area contributed by atoms with Gasteiger partial charge < -0.3 is 5.11 Å². The summed E-state index contributed by atoms with van der Waals surface area (Å²) in [7, 11) is 0. The summed E-state index contributed by atoms with van der Waals surface area (Å²) in [5.74, 6) is 0.903. The highest BCUT2D eigenvalue weighted by molar-refractivity contribution is 7.98. The van der Waals surface area contributed by atoms with E-state index >= 15 is 0 Å². The van der Waals surface area contributed by atoms with Crippen molar-refractivity contribution >= 4 is 29.1 Å². The van der Waals surface area contributed by atoms with Gasteiger partial charge in [0, 0.05) is 22.4 Å². The minimum atomic E-state index is -0.986. The van der Waals surface area contributed by atoms with Gasteiger partial charge in [-0.3, -0.25) is 0 Å². The average molecular weight is 291 g/mol. The normalized spacial score (nSPS) is 10.3. The topological polar surface area (TPSA) is 50.2 Å². The molecule has 0 radical (unpaired) electrons. The molecule has 1 aromatic heterocycles. The molecule has 19 heavy (non-hydrogen) atoms. The lowest BCUT2D eigenvalue weighted by Crippen LogP contribution is -1.95. The van der Waals surface area contributed by atoms with Gasteiger partial charge in [-0.05, 0) is 5.56 Å². The fraction of sp³-hybridized carbons (Fsp3) is 0.143. The molecule has 1 N–H and O–H groups in total. The molecular formula is C14H13NO2S2. The van der Waals surface area contributed by atoms with Gasteiger partial charge in [-0.2, -0.15) is 11.8 Å². The maximum atomic E-state index is 10.8. The van der Waals surface area contributed by atoms with Gasteiger partial charge in [0.05, 0.1) is 0 Å². The van der Waals surface area contributed by atoms with Crippen LogP contribution in [0, 0.1) is 0 Å². The first kappa shape index (κ1) is 13.8. The number of aromatic carboxylic acids is 1. The van der Waals surface area contributed by atoms with E-state index in [2.05, 4.69) is 11.6 Å². The summed E-state index contributed by atoms with van der Waals surface area (Å²) in [6, 6.07) is 8.06. The Hall–Kier alpha value is -1.59. The molecule has 2 rings (SSSR count). The van der Waals surface area contributed by atoms with E-state index in [1.807, 2.05) is 42.1 Å². The van der Waals surface area contributed by atoms with Crippen molar-refractivity contribution in [1.82, 2.24) is 4.98 Å². The first-order valence-corrected chi connectivity index (χ1v) is 7.71. The van der Waals surface area contributed by atoms with Gasteiger partial charge in [-0.15, -0.1) is 17.9 Å². The van der Waals surface area contributed by atoms with E-state index in [4.69, 9.17) is 5.11 Å². The van der Waals surface area contributed by atoms with Gasteiger partial charge in [-0.25, -0.2) is 9.78 Å². The lowest BCUT2D eigenvalue weighted by Gasteiger charge is -2.01. The number of thiazole rings is 1. The number of hydrogen-bond donors (Lipinski definition) is 1. The van der Waals surface area contributed by atoms with Crippen LogP contribution in [0.5, 0.6) is 0 Å². The summed E-state index contributed by atoms with van der Waals surface area (Å²) in [4.78, 5) is 14.9. The highest BCUT2D eigenvalue weighted by atomic mass is 32.2. The van der Waals surface area contributed by atoms with Gasteiger partial charge in [0.2, 0.25) is 0 Å². The largest absolute Gasteiger partial charge is 0.476 e. The number of rotatable bonds is 6. The Bertz CT molecular complexity index is 575. The Kier molecular flexibility index (Phi) is 4.76. The Balaban J connectivity index is 2.08. The molecule has 0 saturated heterocycles. The summed E-state index contributed by atoms with van der Waals surface area (Å²) >= 11 is 3.16. The molecule has 0 fully saturated rings. The molecule has 0 aliphatic heterocycles. The summed E-state index contributed by atoms with van der Waals surface area (Å²) < 4.78 is 0. The fourth-order valence-corrected chi connectivity index (χ4v) is 3.02. The lowest BCUT2D eigenvalue weighted by atomic mass is 10.2. The van der Waals surface area contributed by atoms with E-state index in [0.29, 0.717) is 0 Å². The number of carboxylic acid groups (broad SMARTS) is 1. The molecule has 2 aromatic rings. The van der Waals surface area contributed by atoms with Crippen LogP contribution in [0.25, 0.3) is 10.6 Å². The molecule has 5 heteroatoms. The van der Waals surface area contributed by atoms with Crippen LogP contribution >= 0.6 is 23.1 Å². The first-order chi connectivity index (χ1) is 9.20. The van der Waals surface area contributed by atoms with Crippen molar-refractivity contribution in [3.8, 4) is 10.6 Å². The SMILES string of the molecule is C=CCSCc1ccc(-c2nc(C(=O)O)cs2)cc1. The molecule has 0 atom stereocenters. The number of aromatic nitrogens is 1.